The van der Waals surface area contributed by atoms with Crippen molar-refractivity contribution in [3.05, 3.63) is 12.2 Å². The van der Waals surface area contributed by atoms with Crippen molar-refractivity contribution in [3.8, 4) is 0 Å². The first kappa shape index (κ1) is 14.5. The number of fused-ring (bicyclic) bond motifs is 1. The minimum Gasteiger partial charge on any atom is -0.392 e. The van der Waals surface area contributed by atoms with Gasteiger partial charge in [0.15, 0.2) is 0 Å². The Bertz CT molecular complexity index is 436. The van der Waals surface area contributed by atoms with Crippen LogP contribution in [0.5, 0.6) is 0 Å². The van der Waals surface area contributed by atoms with Crippen molar-refractivity contribution in [1.29, 1.82) is 0 Å². The number of rotatable bonds is 0. The molecule has 1 spiro atoms. The predicted octanol–water partition coefficient (Wildman–Crippen LogP) is 1.10. The van der Waals surface area contributed by atoms with E-state index in [1.165, 1.54) is 0 Å². The van der Waals surface area contributed by atoms with Gasteiger partial charge in [-0.05, 0) is 37.2 Å². The fourth-order valence-electron chi connectivity index (χ4n) is 5.12. The third kappa shape index (κ3) is 1.46. The van der Waals surface area contributed by atoms with Crippen LogP contribution in [0, 0.1) is 22.7 Å². The zero-order valence-corrected chi connectivity index (χ0v) is 12.5. The SMILES string of the molecule is C=C1CO[C@@H](C)[C@]12C[C@@H]1[C@@H](O)[C@@H](O)C[C@@H](C)[C@]1(C)[C@H]2O. The molecule has 114 valence electrons. The predicted molar refractivity (Wildman–Crippen MR) is 75.0 cm³/mol. The molecule has 0 aromatic rings. The Morgan fingerprint density at radius 1 is 1.25 bits per heavy atom. The third-order valence-electron chi connectivity index (χ3n) is 6.79. The average Bonchev–Trinajstić information content (AvgIpc) is 2.82. The Morgan fingerprint density at radius 3 is 2.45 bits per heavy atom. The van der Waals surface area contributed by atoms with Gasteiger partial charge in [0.05, 0.1) is 31.0 Å². The van der Waals surface area contributed by atoms with Crippen molar-refractivity contribution >= 4 is 0 Å². The van der Waals surface area contributed by atoms with E-state index in [1.807, 2.05) is 6.92 Å². The number of ether oxygens (including phenoxy) is 1. The maximum atomic E-state index is 11.1. The molecule has 8 atom stereocenters. The molecule has 0 amide bonds. The highest BCUT2D eigenvalue weighted by molar-refractivity contribution is 5.29. The summed E-state index contributed by atoms with van der Waals surface area (Å²) in [4.78, 5) is 0. The molecular weight excluding hydrogens is 256 g/mol. The quantitative estimate of drug-likeness (QED) is 0.582. The van der Waals surface area contributed by atoms with Crippen LogP contribution in [0.1, 0.15) is 33.6 Å². The van der Waals surface area contributed by atoms with Crippen molar-refractivity contribution in [2.45, 2.75) is 58.0 Å². The highest BCUT2D eigenvalue weighted by Gasteiger charge is 2.69. The lowest BCUT2D eigenvalue weighted by Gasteiger charge is -2.49. The van der Waals surface area contributed by atoms with Crippen LogP contribution in [0.25, 0.3) is 0 Å². The van der Waals surface area contributed by atoms with Crippen molar-refractivity contribution in [2.24, 2.45) is 22.7 Å². The molecule has 0 aromatic carbocycles. The van der Waals surface area contributed by atoms with Gasteiger partial charge in [0.2, 0.25) is 0 Å². The third-order valence-corrected chi connectivity index (χ3v) is 6.79. The smallest absolute Gasteiger partial charge is 0.0833 e. The lowest BCUT2D eigenvalue weighted by atomic mass is 9.59. The Labute approximate surface area is 120 Å². The topological polar surface area (TPSA) is 69.9 Å². The van der Waals surface area contributed by atoms with Crippen LogP contribution in [0.3, 0.4) is 0 Å². The summed E-state index contributed by atoms with van der Waals surface area (Å²) in [5, 5.41) is 31.6. The monoisotopic (exact) mass is 282 g/mol. The molecule has 0 radical (unpaired) electrons. The van der Waals surface area contributed by atoms with E-state index in [0.717, 1.165) is 5.57 Å². The lowest BCUT2D eigenvalue weighted by Crippen LogP contribution is -2.54. The molecule has 1 aliphatic heterocycles. The molecule has 3 aliphatic rings. The van der Waals surface area contributed by atoms with Gasteiger partial charge in [-0.3, -0.25) is 0 Å². The van der Waals surface area contributed by atoms with Gasteiger partial charge in [0, 0.05) is 10.8 Å². The number of hydrogen-bond acceptors (Lipinski definition) is 4. The van der Waals surface area contributed by atoms with Crippen molar-refractivity contribution < 1.29 is 20.1 Å². The van der Waals surface area contributed by atoms with E-state index in [-0.39, 0.29) is 17.9 Å². The normalized spacial score (nSPS) is 59.2. The molecule has 1 saturated heterocycles. The van der Waals surface area contributed by atoms with Gasteiger partial charge in [0.25, 0.3) is 0 Å². The molecule has 2 saturated carbocycles. The zero-order valence-electron chi connectivity index (χ0n) is 12.5. The molecule has 1 heterocycles. The molecule has 20 heavy (non-hydrogen) atoms. The van der Waals surface area contributed by atoms with Gasteiger partial charge < -0.3 is 20.1 Å². The van der Waals surface area contributed by atoms with Crippen LogP contribution in [0.2, 0.25) is 0 Å². The second-order valence-electron chi connectivity index (χ2n) is 7.37. The fraction of sp³-hybridized carbons (Fsp3) is 0.875. The highest BCUT2D eigenvalue weighted by atomic mass is 16.5. The van der Waals surface area contributed by atoms with Gasteiger partial charge >= 0.3 is 0 Å². The van der Waals surface area contributed by atoms with Gasteiger partial charge in [0.1, 0.15) is 0 Å². The molecule has 3 rings (SSSR count). The Hall–Kier alpha value is -0.420. The largest absolute Gasteiger partial charge is 0.392 e. The Balaban J connectivity index is 2.07. The maximum Gasteiger partial charge on any atom is 0.0833 e. The van der Waals surface area contributed by atoms with Gasteiger partial charge in [-0.15, -0.1) is 0 Å². The molecule has 3 fully saturated rings. The van der Waals surface area contributed by atoms with E-state index >= 15 is 0 Å². The van der Waals surface area contributed by atoms with E-state index in [2.05, 4.69) is 20.4 Å². The van der Waals surface area contributed by atoms with Crippen LogP contribution in [-0.2, 0) is 4.74 Å². The molecule has 4 nitrogen and oxygen atoms in total. The Kier molecular flexibility index (Phi) is 3.11. The summed E-state index contributed by atoms with van der Waals surface area (Å²) in [6.45, 7) is 10.7. The van der Waals surface area contributed by atoms with Crippen LogP contribution in [0.4, 0.5) is 0 Å². The van der Waals surface area contributed by atoms with Crippen LogP contribution in [-0.4, -0.2) is 46.3 Å². The standard InChI is InChI=1S/C16H26O4/c1-8-5-12(17)13(18)11-6-16(14(19)15(8,11)4)9(2)7-20-10(16)3/h8,10-14,17-19H,2,5-7H2,1,3-4H3/t8-,10+,11-,12+,13-,14-,15+,16+/m1/s1. The minimum absolute atomic E-state index is 0.0935. The second kappa shape index (κ2) is 4.29. The van der Waals surface area contributed by atoms with Gasteiger partial charge in [-0.2, -0.15) is 0 Å². The zero-order chi connectivity index (χ0) is 14.9. The summed E-state index contributed by atoms with van der Waals surface area (Å²) < 4.78 is 5.72. The van der Waals surface area contributed by atoms with Gasteiger partial charge in [-0.25, -0.2) is 0 Å². The van der Waals surface area contributed by atoms with Crippen molar-refractivity contribution in [3.63, 3.8) is 0 Å². The number of aliphatic hydroxyl groups excluding tert-OH is 3. The van der Waals surface area contributed by atoms with Crippen LogP contribution < -0.4 is 0 Å². The Morgan fingerprint density at radius 2 is 1.90 bits per heavy atom. The summed E-state index contributed by atoms with van der Waals surface area (Å²) in [6.07, 6.45) is -0.968. The lowest BCUT2D eigenvalue weighted by molar-refractivity contribution is -0.143. The number of hydrogen-bond donors (Lipinski definition) is 3. The highest BCUT2D eigenvalue weighted by Crippen LogP contribution is 2.65. The van der Waals surface area contributed by atoms with Crippen molar-refractivity contribution in [1.82, 2.24) is 0 Å². The molecule has 4 heteroatoms. The number of aliphatic hydroxyl groups is 3. The molecule has 3 N–H and O–H groups in total. The van der Waals surface area contributed by atoms with Gasteiger partial charge in [-0.1, -0.05) is 20.4 Å². The second-order valence-corrected chi connectivity index (χ2v) is 7.37. The van der Waals surface area contributed by atoms with E-state index in [9.17, 15) is 15.3 Å². The fourth-order valence-corrected chi connectivity index (χ4v) is 5.12. The van der Waals surface area contributed by atoms with E-state index in [4.69, 9.17) is 4.74 Å². The summed E-state index contributed by atoms with van der Waals surface area (Å²) in [7, 11) is 0. The van der Waals surface area contributed by atoms with Crippen LogP contribution >= 0.6 is 0 Å². The molecular formula is C16H26O4. The first-order valence-electron chi connectivity index (χ1n) is 7.60. The summed E-state index contributed by atoms with van der Waals surface area (Å²) in [5.74, 6) is 0.0398. The molecule has 2 aliphatic carbocycles. The molecule has 0 aromatic heterocycles. The van der Waals surface area contributed by atoms with Crippen molar-refractivity contribution in [2.75, 3.05) is 6.61 Å². The summed E-state index contributed by atoms with van der Waals surface area (Å²) in [5.41, 5.74) is 0.0597. The van der Waals surface area contributed by atoms with E-state index in [0.29, 0.717) is 19.4 Å². The first-order chi connectivity index (χ1) is 9.26. The molecule has 0 bridgehead atoms. The summed E-state index contributed by atoms with van der Waals surface area (Å²) in [6, 6.07) is 0. The van der Waals surface area contributed by atoms with E-state index < -0.39 is 29.1 Å². The first-order valence-corrected chi connectivity index (χ1v) is 7.60. The summed E-state index contributed by atoms with van der Waals surface area (Å²) >= 11 is 0. The molecule has 0 unspecified atom stereocenters. The minimum atomic E-state index is -0.772. The average molecular weight is 282 g/mol. The van der Waals surface area contributed by atoms with E-state index in [1.54, 1.807) is 0 Å². The van der Waals surface area contributed by atoms with Crippen LogP contribution in [0.15, 0.2) is 12.2 Å². The maximum absolute atomic E-state index is 11.1.